The van der Waals surface area contributed by atoms with Crippen LogP contribution in [0.3, 0.4) is 0 Å². The van der Waals surface area contributed by atoms with Crippen molar-refractivity contribution in [2.75, 3.05) is 18.0 Å². The van der Waals surface area contributed by atoms with Gasteiger partial charge in [0.1, 0.15) is 5.78 Å². The van der Waals surface area contributed by atoms with Crippen LogP contribution in [0.5, 0.6) is 0 Å². The van der Waals surface area contributed by atoms with Crippen molar-refractivity contribution in [3.05, 3.63) is 34.1 Å². The van der Waals surface area contributed by atoms with E-state index in [0.717, 1.165) is 6.07 Å². The van der Waals surface area contributed by atoms with Gasteiger partial charge in [-0.1, -0.05) is 13.8 Å². The minimum absolute atomic E-state index is 0.170. The van der Waals surface area contributed by atoms with E-state index in [0.29, 0.717) is 31.6 Å². The van der Waals surface area contributed by atoms with E-state index >= 15 is 0 Å². The number of non-ortho nitro benzene ring substituents is 1. The summed E-state index contributed by atoms with van der Waals surface area (Å²) in [5.74, 6) is -0.447. The van der Waals surface area contributed by atoms with Gasteiger partial charge in [0.05, 0.1) is 16.7 Å². The minimum Gasteiger partial charge on any atom is -0.368 e. The molecule has 1 saturated heterocycles. The van der Waals surface area contributed by atoms with Crippen LogP contribution in [-0.4, -0.2) is 23.8 Å². The molecule has 19 heavy (non-hydrogen) atoms. The lowest BCUT2D eigenvalue weighted by Crippen LogP contribution is -2.34. The Bertz CT molecular complexity index is 467. The molecule has 0 N–H and O–H groups in total. The second-order valence-electron chi connectivity index (χ2n) is 3.92. The van der Waals surface area contributed by atoms with Gasteiger partial charge in [0.2, 0.25) is 0 Å². The van der Waals surface area contributed by atoms with Crippen LogP contribution in [0.4, 0.5) is 15.8 Å². The van der Waals surface area contributed by atoms with Crippen molar-refractivity contribution in [1.82, 2.24) is 0 Å². The van der Waals surface area contributed by atoms with Crippen LogP contribution in [0.15, 0.2) is 18.2 Å². The van der Waals surface area contributed by atoms with Gasteiger partial charge in [-0.15, -0.1) is 0 Å². The number of Topliss-reactive ketones (excluding diaryl/α,β-unsaturated/α-hetero) is 1. The first-order chi connectivity index (χ1) is 9.08. The monoisotopic (exact) mass is 268 g/mol. The van der Waals surface area contributed by atoms with Crippen molar-refractivity contribution < 1.29 is 14.1 Å². The fraction of sp³-hybridized carbons (Fsp3) is 0.462. The maximum atomic E-state index is 13.7. The van der Waals surface area contributed by atoms with Crippen molar-refractivity contribution in [1.29, 1.82) is 0 Å². The lowest BCUT2D eigenvalue weighted by Gasteiger charge is -2.28. The molecule has 1 heterocycles. The van der Waals surface area contributed by atoms with Crippen LogP contribution in [0.25, 0.3) is 0 Å². The average Bonchev–Trinajstić information content (AvgIpc) is 2.42. The summed E-state index contributed by atoms with van der Waals surface area (Å²) in [5, 5.41) is 10.5. The van der Waals surface area contributed by atoms with E-state index < -0.39 is 10.7 Å². The SMILES string of the molecule is CC.O=C1CCN(c2ccc([N+](=O)[O-])cc2F)CC1. The summed E-state index contributed by atoms with van der Waals surface area (Å²) in [6.07, 6.45) is 0.798. The third-order valence-corrected chi connectivity index (χ3v) is 2.80. The number of rotatable bonds is 2. The smallest absolute Gasteiger partial charge is 0.272 e. The number of nitro groups is 1. The number of ketones is 1. The Morgan fingerprint density at radius 2 is 1.84 bits per heavy atom. The van der Waals surface area contributed by atoms with E-state index in [1.807, 2.05) is 13.8 Å². The van der Waals surface area contributed by atoms with Crippen molar-refractivity contribution in [3.8, 4) is 0 Å². The number of carbonyl (C=O) groups is 1. The molecule has 104 valence electrons. The van der Waals surface area contributed by atoms with Gasteiger partial charge in [-0.3, -0.25) is 14.9 Å². The second-order valence-corrected chi connectivity index (χ2v) is 3.92. The van der Waals surface area contributed by atoms with Gasteiger partial charge >= 0.3 is 0 Å². The number of hydrogen-bond acceptors (Lipinski definition) is 4. The van der Waals surface area contributed by atoms with E-state index in [-0.39, 0.29) is 11.5 Å². The molecule has 6 heteroatoms. The maximum absolute atomic E-state index is 13.7. The lowest BCUT2D eigenvalue weighted by atomic mass is 10.1. The Hall–Kier alpha value is -1.98. The summed E-state index contributed by atoms with van der Waals surface area (Å²) >= 11 is 0. The summed E-state index contributed by atoms with van der Waals surface area (Å²) in [7, 11) is 0. The van der Waals surface area contributed by atoms with Gasteiger partial charge < -0.3 is 4.90 Å². The van der Waals surface area contributed by atoms with Crippen LogP contribution < -0.4 is 4.90 Å². The van der Waals surface area contributed by atoms with E-state index in [1.54, 1.807) is 4.90 Å². The molecule has 0 radical (unpaired) electrons. The van der Waals surface area contributed by atoms with E-state index in [1.165, 1.54) is 12.1 Å². The molecule has 2 rings (SSSR count). The maximum Gasteiger partial charge on any atom is 0.272 e. The molecule has 0 atom stereocenters. The Kier molecular flexibility index (Phi) is 5.41. The largest absolute Gasteiger partial charge is 0.368 e. The van der Waals surface area contributed by atoms with Crippen LogP contribution in [-0.2, 0) is 4.79 Å². The standard InChI is InChI=1S/C11H11FN2O3.C2H6/c12-10-7-8(14(16)17)1-2-11(10)13-5-3-9(15)4-6-13;1-2/h1-2,7H,3-6H2;1-2H3. The molecule has 0 amide bonds. The van der Waals surface area contributed by atoms with Crippen molar-refractivity contribution in [2.24, 2.45) is 0 Å². The average molecular weight is 268 g/mol. The number of nitrogens with zero attached hydrogens (tertiary/aromatic N) is 2. The molecule has 0 aliphatic carbocycles. The molecule has 1 aliphatic rings. The topological polar surface area (TPSA) is 63.5 Å². The Balaban J connectivity index is 0.000000861. The zero-order valence-electron chi connectivity index (χ0n) is 11.1. The molecule has 1 aromatic carbocycles. The third kappa shape index (κ3) is 3.74. The number of hydrogen-bond donors (Lipinski definition) is 0. The van der Waals surface area contributed by atoms with E-state index in [9.17, 15) is 19.3 Å². The summed E-state index contributed by atoms with van der Waals surface area (Å²) in [5.41, 5.74) is 0.0578. The third-order valence-electron chi connectivity index (χ3n) is 2.80. The summed E-state index contributed by atoms with van der Waals surface area (Å²) in [6, 6.07) is 3.57. The Morgan fingerprint density at radius 1 is 1.26 bits per heavy atom. The fourth-order valence-corrected chi connectivity index (χ4v) is 1.86. The predicted octanol–water partition coefficient (Wildman–Crippen LogP) is 2.93. The van der Waals surface area contributed by atoms with Crippen LogP contribution in [0, 0.1) is 15.9 Å². The van der Waals surface area contributed by atoms with Crippen LogP contribution >= 0.6 is 0 Å². The molecule has 0 aromatic heterocycles. The van der Waals surface area contributed by atoms with Crippen molar-refractivity contribution >= 4 is 17.2 Å². The number of piperidine rings is 1. The number of anilines is 1. The fourth-order valence-electron chi connectivity index (χ4n) is 1.86. The Morgan fingerprint density at radius 3 is 2.32 bits per heavy atom. The molecular formula is C13H17FN2O3. The number of carbonyl (C=O) groups excluding carboxylic acids is 1. The van der Waals surface area contributed by atoms with Gasteiger partial charge in [-0.05, 0) is 6.07 Å². The lowest BCUT2D eigenvalue weighted by molar-refractivity contribution is -0.385. The highest BCUT2D eigenvalue weighted by atomic mass is 19.1. The molecular weight excluding hydrogens is 251 g/mol. The summed E-state index contributed by atoms with van der Waals surface area (Å²) in [4.78, 5) is 22.6. The predicted molar refractivity (Wildman–Crippen MR) is 70.9 cm³/mol. The molecule has 1 aliphatic heterocycles. The van der Waals surface area contributed by atoms with Gasteiger partial charge in [0.25, 0.3) is 5.69 Å². The number of nitro benzene ring substituents is 1. The minimum atomic E-state index is -0.632. The van der Waals surface area contributed by atoms with Gasteiger partial charge in [-0.2, -0.15) is 0 Å². The highest BCUT2D eigenvalue weighted by molar-refractivity contribution is 5.81. The van der Waals surface area contributed by atoms with Crippen LogP contribution in [0.1, 0.15) is 26.7 Å². The molecule has 0 bridgehead atoms. The van der Waals surface area contributed by atoms with Crippen molar-refractivity contribution in [3.63, 3.8) is 0 Å². The molecule has 1 fully saturated rings. The molecule has 5 nitrogen and oxygen atoms in total. The first kappa shape index (κ1) is 15.1. The first-order valence-electron chi connectivity index (χ1n) is 6.28. The molecule has 0 unspecified atom stereocenters. The zero-order valence-corrected chi connectivity index (χ0v) is 11.1. The highest BCUT2D eigenvalue weighted by Crippen LogP contribution is 2.25. The number of benzene rings is 1. The second kappa shape index (κ2) is 6.82. The van der Waals surface area contributed by atoms with Crippen molar-refractivity contribution in [2.45, 2.75) is 26.7 Å². The van der Waals surface area contributed by atoms with Gasteiger partial charge in [-0.25, -0.2) is 4.39 Å². The highest BCUT2D eigenvalue weighted by Gasteiger charge is 2.20. The van der Waals surface area contributed by atoms with E-state index in [2.05, 4.69) is 0 Å². The summed E-state index contributed by atoms with van der Waals surface area (Å²) in [6.45, 7) is 4.93. The van der Waals surface area contributed by atoms with E-state index in [4.69, 9.17) is 0 Å². The first-order valence-corrected chi connectivity index (χ1v) is 6.28. The van der Waals surface area contributed by atoms with Gasteiger partial charge in [0, 0.05) is 32.0 Å². The number of halogens is 1. The Labute approximate surface area is 111 Å². The van der Waals surface area contributed by atoms with Gasteiger partial charge in [0.15, 0.2) is 5.82 Å². The quantitative estimate of drug-likeness (QED) is 0.611. The molecule has 0 spiro atoms. The van der Waals surface area contributed by atoms with Crippen LogP contribution in [0.2, 0.25) is 0 Å². The molecule has 0 saturated carbocycles. The zero-order chi connectivity index (χ0) is 14.4. The normalized spacial score (nSPS) is 14.7. The summed E-state index contributed by atoms with van der Waals surface area (Å²) < 4.78 is 13.7. The molecule has 1 aromatic rings.